The third kappa shape index (κ3) is 5.64. The number of benzene rings is 2. The lowest BCUT2D eigenvalue weighted by Gasteiger charge is -2.31. The Labute approximate surface area is 194 Å². The number of amides is 1. The summed E-state index contributed by atoms with van der Waals surface area (Å²) >= 11 is 0. The SMILES string of the molecule is CCOC(=O)CCC(=O)N1CCCn2cccc2C1c1ccc(OCc2ccccc2)cc1. The molecule has 0 saturated carbocycles. The number of rotatable bonds is 8. The Morgan fingerprint density at radius 2 is 1.73 bits per heavy atom. The molecule has 0 aliphatic carbocycles. The lowest BCUT2D eigenvalue weighted by atomic mass is 10.0. The van der Waals surface area contributed by atoms with E-state index in [2.05, 4.69) is 16.8 Å². The van der Waals surface area contributed by atoms with Gasteiger partial charge in [-0.05, 0) is 48.7 Å². The van der Waals surface area contributed by atoms with E-state index in [9.17, 15) is 9.59 Å². The third-order valence-corrected chi connectivity index (χ3v) is 5.87. The Kier molecular flexibility index (Phi) is 7.45. The molecule has 6 nitrogen and oxygen atoms in total. The highest BCUT2D eigenvalue weighted by Gasteiger charge is 2.30. The van der Waals surface area contributed by atoms with Crippen LogP contribution in [0, 0.1) is 0 Å². The van der Waals surface area contributed by atoms with Gasteiger partial charge in [0.05, 0.1) is 19.1 Å². The third-order valence-electron chi connectivity index (χ3n) is 5.87. The van der Waals surface area contributed by atoms with Gasteiger partial charge in [0.1, 0.15) is 12.4 Å². The average molecular weight is 447 g/mol. The van der Waals surface area contributed by atoms with Gasteiger partial charge in [0.25, 0.3) is 0 Å². The number of aromatic nitrogens is 1. The van der Waals surface area contributed by atoms with E-state index in [0.29, 0.717) is 19.8 Å². The molecule has 2 heterocycles. The van der Waals surface area contributed by atoms with Crippen LogP contribution in [0.5, 0.6) is 5.75 Å². The largest absolute Gasteiger partial charge is 0.489 e. The Balaban J connectivity index is 1.52. The molecule has 0 N–H and O–H groups in total. The van der Waals surface area contributed by atoms with Crippen molar-refractivity contribution in [1.82, 2.24) is 9.47 Å². The molecule has 4 rings (SSSR count). The molecular formula is C27H30N2O4. The van der Waals surface area contributed by atoms with Gasteiger partial charge in [0, 0.05) is 31.4 Å². The lowest BCUT2D eigenvalue weighted by Crippen LogP contribution is -2.36. The monoisotopic (exact) mass is 446 g/mol. The maximum Gasteiger partial charge on any atom is 0.306 e. The highest BCUT2D eigenvalue weighted by molar-refractivity contribution is 5.82. The number of aryl methyl sites for hydroxylation is 1. The van der Waals surface area contributed by atoms with Crippen molar-refractivity contribution in [2.75, 3.05) is 13.2 Å². The standard InChI is InChI=1S/C27H30N2O4/c1-2-32-26(31)16-15-25(30)29-19-7-18-28-17-6-10-24(28)27(29)22-11-13-23(14-12-22)33-20-21-8-4-3-5-9-21/h3-6,8-14,17,27H,2,7,15-16,18-20H2,1H3. The van der Waals surface area contributed by atoms with Gasteiger partial charge in [-0.3, -0.25) is 9.59 Å². The molecule has 3 aromatic rings. The first kappa shape index (κ1) is 22.6. The van der Waals surface area contributed by atoms with Crippen LogP contribution in [0.2, 0.25) is 0 Å². The van der Waals surface area contributed by atoms with Gasteiger partial charge >= 0.3 is 5.97 Å². The second-order valence-electron chi connectivity index (χ2n) is 8.12. The van der Waals surface area contributed by atoms with E-state index in [1.165, 1.54) is 0 Å². The molecule has 0 bridgehead atoms. The van der Waals surface area contributed by atoms with Crippen molar-refractivity contribution < 1.29 is 19.1 Å². The molecule has 1 atom stereocenters. The number of carbonyl (C=O) groups excluding carboxylic acids is 2. The van der Waals surface area contributed by atoms with E-state index in [1.54, 1.807) is 6.92 Å². The molecular weight excluding hydrogens is 416 g/mol. The zero-order valence-electron chi connectivity index (χ0n) is 19.0. The van der Waals surface area contributed by atoms with E-state index < -0.39 is 0 Å². The van der Waals surface area contributed by atoms with E-state index in [1.807, 2.05) is 65.6 Å². The van der Waals surface area contributed by atoms with Gasteiger partial charge in [-0.15, -0.1) is 0 Å². The predicted octanol–water partition coefficient (Wildman–Crippen LogP) is 4.73. The predicted molar refractivity (Wildman–Crippen MR) is 126 cm³/mol. The highest BCUT2D eigenvalue weighted by atomic mass is 16.5. The van der Waals surface area contributed by atoms with E-state index >= 15 is 0 Å². The second-order valence-corrected chi connectivity index (χ2v) is 8.12. The molecule has 0 radical (unpaired) electrons. The molecule has 1 aliphatic heterocycles. The number of fused-ring (bicyclic) bond motifs is 1. The summed E-state index contributed by atoms with van der Waals surface area (Å²) in [6.45, 7) is 4.10. The maximum atomic E-state index is 13.2. The van der Waals surface area contributed by atoms with E-state index in [4.69, 9.17) is 9.47 Å². The number of hydrogen-bond acceptors (Lipinski definition) is 4. The summed E-state index contributed by atoms with van der Waals surface area (Å²) in [5, 5.41) is 0. The van der Waals surface area contributed by atoms with Crippen LogP contribution in [0.3, 0.4) is 0 Å². The Bertz CT molecular complexity index is 1060. The molecule has 1 unspecified atom stereocenters. The Morgan fingerprint density at radius 3 is 2.48 bits per heavy atom. The summed E-state index contributed by atoms with van der Waals surface area (Å²) < 4.78 is 13.2. The zero-order valence-corrected chi connectivity index (χ0v) is 19.0. The molecule has 172 valence electrons. The Morgan fingerprint density at radius 1 is 0.939 bits per heavy atom. The second kappa shape index (κ2) is 10.9. The molecule has 1 aliphatic rings. The van der Waals surface area contributed by atoms with Gasteiger partial charge in [-0.25, -0.2) is 0 Å². The van der Waals surface area contributed by atoms with Crippen molar-refractivity contribution in [3.05, 3.63) is 89.7 Å². The van der Waals surface area contributed by atoms with Crippen molar-refractivity contribution in [1.29, 1.82) is 0 Å². The minimum absolute atomic E-state index is 0.0351. The molecule has 1 aromatic heterocycles. The number of nitrogens with zero attached hydrogens (tertiary/aromatic N) is 2. The summed E-state index contributed by atoms with van der Waals surface area (Å²) in [7, 11) is 0. The van der Waals surface area contributed by atoms with Crippen LogP contribution in [-0.2, 0) is 27.5 Å². The lowest BCUT2D eigenvalue weighted by molar-refractivity contribution is -0.146. The van der Waals surface area contributed by atoms with Crippen molar-refractivity contribution in [2.45, 2.75) is 45.4 Å². The molecule has 0 fully saturated rings. The fourth-order valence-corrected chi connectivity index (χ4v) is 4.27. The molecule has 0 saturated heterocycles. The molecule has 2 aromatic carbocycles. The number of carbonyl (C=O) groups is 2. The van der Waals surface area contributed by atoms with E-state index in [-0.39, 0.29) is 30.8 Å². The minimum atomic E-state index is -0.333. The average Bonchev–Trinajstić information content (AvgIpc) is 3.22. The zero-order chi connectivity index (χ0) is 23.0. The van der Waals surface area contributed by atoms with Gasteiger partial charge in [0.15, 0.2) is 0 Å². The van der Waals surface area contributed by atoms with Gasteiger partial charge in [-0.1, -0.05) is 42.5 Å². The maximum absolute atomic E-state index is 13.2. The molecule has 33 heavy (non-hydrogen) atoms. The summed E-state index contributed by atoms with van der Waals surface area (Å²) in [6.07, 6.45) is 3.17. The van der Waals surface area contributed by atoms with Crippen LogP contribution < -0.4 is 4.74 Å². The van der Waals surface area contributed by atoms with Gasteiger partial charge in [0.2, 0.25) is 5.91 Å². The quantitative estimate of drug-likeness (QED) is 0.469. The first-order valence-electron chi connectivity index (χ1n) is 11.5. The summed E-state index contributed by atoms with van der Waals surface area (Å²) in [5.74, 6) is 0.416. The summed E-state index contributed by atoms with van der Waals surface area (Å²) in [6, 6.07) is 21.9. The minimum Gasteiger partial charge on any atom is -0.489 e. The first-order chi connectivity index (χ1) is 16.2. The summed E-state index contributed by atoms with van der Waals surface area (Å²) in [5.41, 5.74) is 3.21. The van der Waals surface area contributed by atoms with Crippen LogP contribution in [0.1, 0.15) is 49.0 Å². The van der Waals surface area contributed by atoms with Crippen molar-refractivity contribution >= 4 is 11.9 Å². The van der Waals surface area contributed by atoms with Crippen molar-refractivity contribution in [3.63, 3.8) is 0 Å². The van der Waals surface area contributed by atoms with Crippen molar-refractivity contribution in [3.8, 4) is 5.75 Å². The topological polar surface area (TPSA) is 60.8 Å². The summed E-state index contributed by atoms with van der Waals surface area (Å²) in [4.78, 5) is 26.9. The van der Waals surface area contributed by atoms with Gasteiger partial charge < -0.3 is 18.9 Å². The fourth-order valence-electron chi connectivity index (χ4n) is 4.27. The van der Waals surface area contributed by atoms with E-state index in [0.717, 1.165) is 35.5 Å². The van der Waals surface area contributed by atoms with Crippen LogP contribution in [-0.4, -0.2) is 34.5 Å². The number of ether oxygens (including phenoxy) is 2. The number of esters is 1. The van der Waals surface area contributed by atoms with Crippen LogP contribution in [0.25, 0.3) is 0 Å². The normalized spacial score (nSPS) is 15.4. The van der Waals surface area contributed by atoms with Crippen LogP contribution >= 0.6 is 0 Å². The highest BCUT2D eigenvalue weighted by Crippen LogP contribution is 2.33. The van der Waals surface area contributed by atoms with Crippen molar-refractivity contribution in [2.24, 2.45) is 0 Å². The molecule has 6 heteroatoms. The van der Waals surface area contributed by atoms with Crippen LogP contribution in [0.4, 0.5) is 0 Å². The fraction of sp³-hybridized carbons (Fsp3) is 0.333. The molecule has 0 spiro atoms. The van der Waals surface area contributed by atoms with Crippen LogP contribution in [0.15, 0.2) is 72.9 Å². The number of hydrogen-bond donors (Lipinski definition) is 0. The van der Waals surface area contributed by atoms with Gasteiger partial charge in [-0.2, -0.15) is 0 Å². The molecule has 1 amide bonds. The first-order valence-corrected chi connectivity index (χ1v) is 11.5. The Hall–Kier alpha value is -3.54. The smallest absolute Gasteiger partial charge is 0.306 e.